The molecule has 0 aromatic rings. The Morgan fingerprint density at radius 2 is 1.83 bits per heavy atom. The Morgan fingerprint density at radius 1 is 1.22 bits per heavy atom. The number of allylic oxidation sites excluding steroid dienone is 2. The Balaban J connectivity index is 1.97. The van der Waals surface area contributed by atoms with E-state index in [-0.39, 0.29) is 17.9 Å². The van der Waals surface area contributed by atoms with Gasteiger partial charge in [-0.1, -0.05) is 12.2 Å². The van der Waals surface area contributed by atoms with Crippen molar-refractivity contribution >= 4 is 15.9 Å². The summed E-state index contributed by atoms with van der Waals surface area (Å²) in [6.45, 7) is 3.27. The molecule has 5 nitrogen and oxygen atoms in total. The Kier molecular flexibility index (Phi) is 3.77. The third-order valence-electron chi connectivity index (χ3n) is 3.66. The zero-order valence-corrected chi connectivity index (χ0v) is 11.7. The number of nitrogens with zero attached hydrogens (tertiary/aromatic N) is 2. The van der Waals surface area contributed by atoms with Crippen molar-refractivity contribution in [2.45, 2.75) is 25.8 Å². The van der Waals surface area contributed by atoms with Crippen LogP contribution in [0.4, 0.5) is 0 Å². The second-order valence-corrected chi connectivity index (χ2v) is 7.08. The zero-order valence-electron chi connectivity index (χ0n) is 10.9. The molecule has 1 aliphatic heterocycles. The normalized spacial score (nSPS) is 26.8. The van der Waals surface area contributed by atoms with Gasteiger partial charge in [0, 0.05) is 31.6 Å². The van der Waals surface area contributed by atoms with Gasteiger partial charge in [-0.15, -0.1) is 0 Å². The van der Waals surface area contributed by atoms with Crippen molar-refractivity contribution < 1.29 is 13.2 Å². The van der Waals surface area contributed by atoms with Crippen LogP contribution in [0.1, 0.15) is 19.8 Å². The molecule has 18 heavy (non-hydrogen) atoms. The molecule has 2 rings (SSSR count). The van der Waals surface area contributed by atoms with Gasteiger partial charge in [0.15, 0.2) is 0 Å². The third-order valence-corrected chi connectivity index (χ3v) is 5.06. The summed E-state index contributed by atoms with van der Waals surface area (Å²) in [6, 6.07) is -0.132. The van der Waals surface area contributed by atoms with Gasteiger partial charge in [0.05, 0.1) is 6.26 Å². The van der Waals surface area contributed by atoms with E-state index in [1.54, 1.807) is 0 Å². The summed E-state index contributed by atoms with van der Waals surface area (Å²) >= 11 is 0. The van der Waals surface area contributed by atoms with Gasteiger partial charge in [-0.05, 0) is 19.8 Å². The first-order valence-corrected chi connectivity index (χ1v) is 8.15. The van der Waals surface area contributed by atoms with Crippen LogP contribution in [0.2, 0.25) is 0 Å². The van der Waals surface area contributed by atoms with Crippen LogP contribution < -0.4 is 0 Å². The lowest BCUT2D eigenvalue weighted by molar-refractivity contribution is -0.137. The molecule has 1 saturated heterocycles. The van der Waals surface area contributed by atoms with Gasteiger partial charge in [0.1, 0.15) is 0 Å². The Labute approximate surface area is 108 Å². The molecule has 0 bridgehead atoms. The van der Waals surface area contributed by atoms with Crippen molar-refractivity contribution in [2.24, 2.45) is 5.92 Å². The Hall–Kier alpha value is -0.880. The summed E-state index contributed by atoms with van der Waals surface area (Å²) in [4.78, 5) is 14.0. The van der Waals surface area contributed by atoms with Crippen LogP contribution in [0.25, 0.3) is 0 Å². The molecule has 0 aromatic carbocycles. The topological polar surface area (TPSA) is 57.7 Å². The summed E-state index contributed by atoms with van der Waals surface area (Å²) in [5.41, 5.74) is 0. The van der Waals surface area contributed by atoms with Crippen molar-refractivity contribution in [1.82, 2.24) is 9.21 Å². The Morgan fingerprint density at radius 3 is 2.33 bits per heavy atom. The van der Waals surface area contributed by atoms with Gasteiger partial charge in [0.25, 0.3) is 0 Å². The van der Waals surface area contributed by atoms with E-state index in [9.17, 15) is 13.2 Å². The van der Waals surface area contributed by atoms with Crippen molar-refractivity contribution in [2.75, 3.05) is 25.9 Å². The van der Waals surface area contributed by atoms with Crippen LogP contribution in [-0.2, 0) is 14.8 Å². The molecule has 1 amide bonds. The minimum absolute atomic E-state index is 0.0713. The molecule has 1 fully saturated rings. The number of hydrogen-bond donors (Lipinski definition) is 0. The van der Waals surface area contributed by atoms with E-state index in [1.165, 1.54) is 10.6 Å². The summed E-state index contributed by atoms with van der Waals surface area (Å²) in [5.74, 6) is 0.238. The molecule has 1 heterocycles. The largest absolute Gasteiger partial charge is 0.340 e. The summed E-state index contributed by atoms with van der Waals surface area (Å²) in [5, 5.41) is 0. The molecule has 0 radical (unpaired) electrons. The number of piperazine rings is 1. The number of rotatable bonds is 2. The van der Waals surface area contributed by atoms with Crippen LogP contribution in [0.5, 0.6) is 0 Å². The second kappa shape index (κ2) is 5.01. The molecular weight excluding hydrogens is 252 g/mol. The third kappa shape index (κ3) is 2.75. The lowest BCUT2D eigenvalue weighted by atomic mass is 10.0. The van der Waals surface area contributed by atoms with Crippen LogP contribution >= 0.6 is 0 Å². The monoisotopic (exact) mass is 272 g/mol. The minimum Gasteiger partial charge on any atom is -0.340 e. The standard InChI is InChI=1S/C12H20N2O3S/c1-10-9-13(7-8-14(10)18(2,16)17)12(15)11-5-3-4-6-11/h3-4,10-11H,5-9H2,1-2H3/t10-/m0/s1. The SMILES string of the molecule is C[C@H]1CN(C(=O)C2CC=CC2)CCN1S(C)(=O)=O. The van der Waals surface area contributed by atoms with Gasteiger partial charge < -0.3 is 4.90 Å². The molecule has 6 heteroatoms. The molecule has 0 aromatic heterocycles. The van der Waals surface area contributed by atoms with Crippen LogP contribution in [0.15, 0.2) is 12.2 Å². The highest BCUT2D eigenvalue weighted by Gasteiger charge is 2.34. The van der Waals surface area contributed by atoms with Gasteiger partial charge >= 0.3 is 0 Å². The minimum atomic E-state index is -3.16. The summed E-state index contributed by atoms with van der Waals surface area (Å²) < 4.78 is 24.6. The number of carbonyl (C=O) groups is 1. The fourth-order valence-corrected chi connectivity index (χ4v) is 3.84. The van der Waals surface area contributed by atoms with Gasteiger partial charge in [-0.25, -0.2) is 8.42 Å². The second-order valence-electron chi connectivity index (χ2n) is 5.15. The van der Waals surface area contributed by atoms with E-state index in [2.05, 4.69) is 0 Å². The highest BCUT2D eigenvalue weighted by Crippen LogP contribution is 2.22. The lowest BCUT2D eigenvalue weighted by Gasteiger charge is -2.39. The maximum absolute atomic E-state index is 12.2. The fourth-order valence-electron chi connectivity index (χ4n) is 2.71. The van der Waals surface area contributed by atoms with E-state index in [4.69, 9.17) is 0 Å². The van der Waals surface area contributed by atoms with E-state index >= 15 is 0 Å². The molecule has 1 atom stereocenters. The summed E-state index contributed by atoms with van der Waals surface area (Å²) in [7, 11) is -3.16. The fraction of sp³-hybridized carbons (Fsp3) is 0.750. The number of carbonyl (C=O) groups excluding carboxylic acids is 1. The van der Waals surface area contributed by atoms with Crippen LogP contribution in [0, 0.1) is 5.92 Å². The van der Waals surface area contributed by atoms with Gasteiger partial charge in [0.2, 0.25) is 15.9 Å². The van der Waals surface area contributed by atoms with E-state index in [1.807, 2.05) is 24.0 Å². The highest BCUT2D eigenvalue weighted by molar-refractivity contribution is 7.88. The molecule has 0 N–H and O–H groups in total. The molecule has 0 unspecified atom stereocenters. The zero-order chi connectivity index (χ0) is 13.3. The molecule has 1 aliphatic carbocycles. The number of amides is 1. The summed E-state index contributed by atoms with van der Waals surface area (Å²) in [6.07, 6.45) is 6.94. The van der Waals surface area contributed by atoms with Gasteiger partial charge in [-0.2, -0.15) is 4.31 Å². The quantitative estimate of drug-likeness (QED) is 0.686. The van der Waals surface area contributed by atoms with Crippen molar-refractivity contribution in [3.05, 3.63) is 12.2 Å². The maximum Gasteiger partial charge on any atom is 0.226 e. The number of sulfonamides is 1. The van der Waals surface area contributed by atoms with Crippen molar-refractivity contribution in [1.29, 1.82) is 0 Å². The first-order chi connectivity index (χ1) is 8.39. The average Bonchev–Trinajstić information content (AvgIpc) is 2.79. The molecule has 102 valence electrons. The van der Waals surface area contributed by atoms with Crippen LogP contribution in [-0.4, -0.2) is 55.5 Å². The van der Waals surface area contributed by atoms with E-state index in [0.29, 0.717) is 19.6 Å². The molecule has 0 saturated carbocycles. The van der Waals surface area contributed by atoms with E-state index < -0.39 is 10.0 Å². The van der Waals surface area contributed by atoms with Crippen molar-refractivity contribution in [3.8, 4) is 0 Å². The number of hydrogen-bond acceptors (Lipinski definition) is 3. The predicted molar refractivity (Wildman–Crippen MR) is 69.5 cm³/mol. The maximum atomic E-state index is 12.2. The van der Waals surface area contributed by atoms with Crippen LogP contribution in [0.3, 0.4) is 0 Å². The molecule has 0 spiro atoms. The predicted octanol–water partition coefficient (Wildman–Crippen LogP) is 0.445. The van der Waals surface area contributed by atoms with Gasteiger partial charge in [-0.3, -0.25) is 4.79 Å². The average molecular weight is 272 g/mol. The molecular formula is C12H20N2O3S. The Bertz CT molecular complexity index is 450. The smallest absolute Gasteiger partial charge is 0.226 e. The first-order valence-electron chi connectivity index (χ1n) is 6.30. The van der Waals surface area contributed by atoms with E-state index in [0.717, 1.165) is 12.8 Å². The highest BCUT2D eigenvalue weighted by atomic mass is 32.2. The van der Waals surface area contributed by atoms with Crippen molar-refractivity contribution in [3.63, 3.8) is 0 Å². The first kappa shape index (κ1) is 13.5. The lowest BCUT2D eigenvalue weighted by Crippen LogP contribution is -2.55. The molecule has 2 aliphatic rings.